The topological polar surface area (TPSA) is 141 Å². The molecular formula is C26H23N5O7. The number of fused-ring (bicyclic) bond motifs is 2. The zero-order valence-electron chi connectivity index (χ0n) is 20.1. The molecule has 6 rings (SSSR count). The van der Waals surface area contributed by atoms with Gasteiger partial charge in [-0.05, 0) is 49.2 Å². The van der Waals surface area contributed by atoms with Crippen LogP contribution in [0.3, 0.4) is 0 Å². The minimum absolute atomic E-state index is 0.000425. The number of likely N-dealkylation sites (tertiary alicyclic amines) is 1. The number of carbonyl (C=O) groups excluding carboxylic acids is 3. The van der Waals surface area contributed by atoms with Crippen LogP contribution in [0.1, 0.15) is 44.0 Å². The van der Waals surface area contributed by atoms with Gasteiger partial charge >= 0.3 is 0 Å². The molecule has 12 heteroatoms. The van der Waals surface area contributed by atoms with Crippen LogP contribution >= 0.6 is 0 Å². The maximum atomic E-state index is 13.0. The lowest BCUT2D eigenvalue weighted by atomic mass is 10.0. The first-order valence-electron chi connectivity index (χ1n) is 12.1. The molecule has 2 aromatic carbocycles. The molecule has 38 heavy (non-hydrogen) atoms. The lowest BCUT2D eigenvalue weighted by Gasteiger charge is -2.32. The van der Waals surface area contributed by atoms with Gasteiger partial charge in [0, 0.05) is 42.7 Å². The molecule has 3 aliphatic rings. The second-order valence-corrected chi connectivity index (χ2v) is 8.88. The van der Waals surface area contributed by atoms with E-state index in [1.165, 1.54) is 12.4 Å². The third kappa shape index (κ3) is 4.63. The predicted molar refractivity (Wildman–Crippen MR) is 132 cm³/mol. The van der Waals surface area contributed by atoms with Crippen molar-refractivity contribution in [2.24, 2.45) is 0 Å². The Labute approximate surface area is 216 Å². The highest BCUT2D eigenvalue weighted by atomic mass is 16.7. The van der Waals surface area contributed by atoms with Gasteiger partial charge in [-0.3, -0.25) is 14.4 Å². The van der Waals surface area contributed by atoms with Crippen molar-refractivity contribution in [1.29, 1.82) is 0 Å². The number of rotatable bonds is 5. The van der Waals surface area contributed by atoms with Gasteiger partial charge in [0.15, 0.2) is 34.5 Å². The van der Waals surface area contributed by atoms with Crippen LogP contribution in [0.4, 0.5) is 5.82 Å². The summed E-state index contributed by atoms with van der Waals surface area (Å²) in [6.07, 6.45) is 3.92. The van der Waals surface area contributed by atoms with Crippen molar-refractivity contribution in [2.45, 2.75) is 18.9 Å². The van der Waals surface area contributed by atoms with E-state index in [2.05, 4.69) is 20.6 Å². The van der Waals surface area contributed by atoms with Gasteiger partial charge in [0.1, 0.15) is 0 Å². The molecule has 0 unspecified atom stereocenters. The molecule has 0 saturated carbocycles. The van der Waals surface area contributed by atoms with Crippen molar-refractivity contribution in [3.8, 4) is 23.0 Å². The van der Waals surface area contributed by atoms with E-state index >= 15 is 0 Å². The Kier molecular flexibility index (Phi) is 6.12. The highest BCUT2D eigenvalue weighted by molar-refractivity contribution is 6.07. The number of nitrogens with zero attached hydrogens (tertiary/aromatic N) is 3. The molecule has 1 saturated heterocycles. The summed E-state index contributed by atoms with van der Waals surface area (Å²) in [7, 11) is 0. The average molecular weight is 517 g/mol. The molecule has 3 amide bonds. The Bertz CT molecular complexity index is 1420. The second-order valence-electron chi connectivity index (χ2n) is 8.88. The minimum atomic E-state index is -0.465. The monoisotopic (exact) mass is 517 g/mol. The third-order valence-electron chi connectivity index (χ3n) is 6.52. The van der Waals surface area contributed by atoms with E-state index in [1.54, 1.807) is 41.3 Å². The lowest BCUT2D eigenvalue weighted by Crippen LogP contribution is -2.46. The molecule has 0 spiro atoms. The highest BCUT2D eigenvalue weighted by Gasteiger charge is 2.27. The van der Waals surface area contributed by atoms with Gasteiger partial charge in [-0.25, -0.2) is 9.97 Å². The molecule has 0 bridgehead atoms. The molecule has 1 aromatic heterocycles. The van der Waals surface area contributed by atoms with Crippen molar-refractivity contribution in [2.75, 3.05) is 32.0 Å². The van der Waals surface area contributed by atoms with Gasteiger partial charge in [-0.2, -0.15) is 0 Å². The van der Waals surface area contributed by atoms with Crippen LogP contribution in [0.5, 0.6) is 23.0 Å². The van der Waals surface area contributed by atoms with Gasteiger partial charge in [0.05, 0.1) is 0 Å². The first-order valence-corrected chi connectivity index (χ1v) is 12.1. The second kappa shape index (κ2) is 9.88. The van der Waals surface area contributed by atoms with Gasteiger partial charge in [-0.15, -0.1) is 0 Å². The molecule has 12 nitrogen and oxygen atoms in total. The van der Waals surface area contributed by atoms with Gasteiger partial charge < -0.3 is 34.5 Å². The first-order chi connectivity index (χ1) is 18.5. The molecule has 2 N–H and O–H groups in total. The number of ether oxygens (including phenoxy) is 4. The van der Waals surface area contributed by atoms with E-state index in [1.807, 2.05) is 0 Å². The summed E-state index contributed by atoms with van der Waals surface area (Å²) in [6.45, 7) is 1.20. The normalized spacial score (nSPS) is 15.7. The van der Waals surface area contributed by atoms with Crippen LogP contribution < -0.4 is 29.6 Å². The molecular weight excluding hydrogens is 494 g/mol. The van der Waals surface area contributed by atoms with Gasteiger partial charge in [0.2, 0.25) is 13.6 Å². The number of anilines is 1. The van der Waals surface area contributed by atoms with Crippen molar-refractivity contribution >= 4 is 23.5 Å². The van der Waals surface area contributed by atoms with E-state index in [9.17, 15) is 14.4 Å². The van der Waals surface area contributed by atoms with E-state index in [4.69, 9.17) is 18.9 Å². The van der Waals surface area contributed by atoms with Crippen molar-refractivity contribution in [3.05, 3.63) is 65.6 Å². The number of carbonyl (C=O) groups is 3. The van der Waals surface area contributed by atoms with Crippen LogP contribution in [-0.4, -0.2) is 65.3 Å². The molecule has 0 atom stereocenters. The Morgan fingerprint density at radius 1 is 0.763 bits per heavy atom. The number of piperidine rings is 1. The summed E-state index contributed by atoms with van der Waals surface area (Å²) in [5, 5.41) is 5.60. The molecule has 3 aromatic rings. The summed E-state index contributed by atoms with van der Waals surface area (Å²) in [5.41, 5.74) is 0.852. The van der Waals surface area contributed by atoms with E-state index in [0.717, 1.165) is 0 Å². The quantitative estimate of drug-likeness (QED) is 0.521. The van der Waals surface area contributed by atoms with E-state index in [-0.39, 0.29) is 37.0 Å². The fraction of sp³-hybridized carbons (Fsp3) is 0.269. The third-order valence-corrected chi connectivity index (χ3v) is 6.52. The lowest BCUT2D eigenvalue weighted by molar-refractivity contribution is 0.0697. The van der Waals surface area contributed by atoms with Crippen LogP contribution in [0, 0.1) is 0 Å². The SMILES string of the molecule is O=C(Nc1nccnc1C(=O)NC1CCN(C(=O)c2ccc3c(c2)OCO3)CC1)c1ccc2c(c1)OCO2. The van der Waals surface area contributed by atoms with Crippen molar-refractivity contribution < 1.29 is 33.3 Å². The molecule has 0 aliphatic carbocycles. The van der Waals surface area contributed by atoms with Crippen molar-refractivity contribution in [3.63, 3.8) is 0 Å². The van der Waals surface area contributed by atoms with Crippen LogP contribution in [0.2, 0.25) is 0 Å². The fourth-order valence-corrected chi connectivity index (χ4v) is 4.51. The average Bonchev–Trinajstić information content (AvgIpc) is 3.62. The number of hydrogen-bond acceptors (Lipinski definition) is 9. The summed E-state index contributed by atoms with van der Waals surface area (Å²) in [4.78, 5) is 48.8. The van der Waals surface area contributed by atoms with Gasteiger partial charge in [0.25, 0.3) is 17.7 Å². The molecule has 4 heterocycles. The number of aromatic nitrogens is 2. The standard InChI is InChI=1S/C26H23N5O7/c32-24(15-1-3-18-20(11-15)37-13-35-18)30-23-22(27-7-8-28-23)25(33)29-17-5-9-31(10-6-17)26(34)16-2-4-19-21(12-16)38-14-36-19/h1-4,7-8,11-12,17H,5-6,9-10,13-14H2,(H,29,33)(H,28,30,32). The number of hydrogen-bond donors (Lipinski definition) is 2. The molecule has 0 radical (unpaired) electrons. The van der Waals surface area contributed by atoms with Gasteiger partial charge in [-0.1, -0.05) is 0 Å². The maximum Gasteiger partial charge on any atom is 0.273 e. The summed E-state index contributed by atoms with van der Waals surface area (Å²) in [5.74, 6) is 1.23. The van der Waals surface area contributed by atoms with E-state index < -0.39 is 11.8 Å². The minimum Gasteiger partial charge on any atom is -0.454 e. The Hall–Kier alpha value is -4.87. The largest absolute Gasteiger partial charge is 0.454 e. The first kappa shape index (κ1) is 23.5. The highest BCUT2D eigenvalue weighted by Crippen LogP contribution is 2.34. The van der Waals surface area contributed by atoms with Crippen LogP contribution in [0.25, 0.3) is 0 Å². The Balaban J connectivity index is 1.06. The summed E-state index contributed by atoms with van der Waals surface area (Å²) in [6, 6.07) is 9.77. The summed E-state index contributed by atoms with van der Waals surface area (Å²) >= 11 is 0. The molecule has 3 aliphatic heterocycles. The molecule has 1 fully saturated rings. The fourth-order valence-electron chi connectivity index (χ4n) is 4.51. The van der Waals surface area contributed by atoms with Crippen LogP contribution in [-0.2, 0) is 0 Å². The zero-order chi connectivity index (χ0) is 26.1. The zero-order valence-corrected chi connectivity index (χ0v) is 20.1. The predicted octanol–water partition coefficient (Wildman–Crippen LogP) is 2.22. The Morgan fingerprint density at radius 2 is 1.37 bits per heavy atom. The number of amides is 3. The summed E-state index contributed by atoms with van der Waals surface area (Å²) < 4.78 is 21.3. The number of benzene rings is 2. The van der Waals surface area contributed by atoms with Crippen molar-refractivity contribution in [1.82, 2.24) is 20.2 Å². The Morgan fingerprint density at radius 3 is 2.08 bits per heavy atom. The number of nitrogens with one attached hydrogen (secondary N) is 2. The molecule has 194 valence electrons. The maximum absolute atomic E-state index is 13.0. The van der Waals surface area contributed by atoms with E-state index in [0.29, 0.717) is 60.1 Å². The smallest absolute Gasteiger partial charge is 0.273 e. The van der Waals surface area contributed by atoms with Crippen LogP contribution in [0.15, 0.2) is 48.8 Å².